The van der Waals surface area contributed by atoms with E-state index in [9.17, 15) is 0 Å². The van der Waals surface area contributed by atoms with Crippen molar-refractivity contribution in [2.75, 3.05) is 12.9 Å². The number of hydrogen-bond donors (Lipinski definition) is 1. The topological polar surface area (TPSA) is 20.2 Å². The Kier molecular flexibility index (Phi) is 4.33. The van der Waals surface area contributed by atoms with Gasteiger partial charge in [0.2, 0.25) is 0 Å². The quantitative estimate of drug-likeness (QED) is 0.799. The van der Waals surface area contributed by atoms with Crippen LogP contribution < -0.4 is 0 Å². The van der Waals surface area contributed by atoms with E-state index in [-0.39, 0.29) is 6.61 Å². The molecule has 0 unspecified atom stereocenters. The number of rotatable bonds is 4. The lowest BCUT2D eigenvalue weighted by Gasteiger charge is -2.20. The van der Waals surface area contributed by atoms with E-state index in [1.54, 1.807) is 11.8 Å². The first kappa shape index (κ1) is 10.6. The third-order valence-electron chi connectivity index (χ3n) is 2.19. The molecular formula is C11H16OS. The van der Waals surface area contributed by atoms with Crippen molar-refractivity contribution < 1.29 is 5.11 Å². The maximum Gasteiger partial charge on any atom is 0.0470 e. The van der Waals surface area contributed by atoms with Crippen molar-refractivity contribution in [1.29, 1.82) is 0 Å². The van der Waals surface area contributed by atoms with Gasteiger partial charge in [-0.15, -0.1) is 0 Å². The fourth-order valence-electron chi connectivity index (χ4n) is 1.44. The summed E-state index contributed by atoms with van der Waals surface area (Å²) < 4.78 is 0. The van der Waals surface area contributed by atoms with Crippen molar-refractivity contribution in [2.45, 2.75) is 12.2 Å². The molecule has 0 saturated carbocycles. The Bertz CT molecular complexity index is 235. The van der Waals surface area contributed by atoms with Crippen LogP contribution in [0.3, 0.4) is 0 Å². The Hall–Kier alpha value is -0.470. The average molecular weight is 196 g/mol. The van der Waals surface area contributed by atoms with Crippen molar-refractivity contribution in [3.8, 4) is 0 Å². The minimum absolute atomic E-state index is 0.250. The summed E-state index contributed by atoms with van der Waals surface area (Å²) in [6, 6.07) is 10.3. The van der Waals surface area contributed by atoms with Crippen LogP contribution in [0.2, 0.25) is 0 Å². The van der Waals surface area contributed by atoms with Crippen LogP contribution in [-0.2, 0) is 0 Å². The zero-order valence-corrected chi connectivity index (χ0v) is 8.92. The lowest BCUT2D eigenvalue weighted by Crippen LogP contribution is -2.10. The first-order valence-electron chi connectivity index (χ1n) is 4.48. The molecule has 1 N–H and O–H groups in total. The van der Waals surface area contributed by atoms with Gasteiger partial charge < -0.3 is 5.11 Å². The Morgan fingerprint density at radius 1 is 1.31 bits per heavy atom. The van der Waals surface area contributed by atoms with Crippen molar-refractivity contribution in [2.24, 2.45) is 5.92 Å². The van der Waals surface area contributed by atoms with Gasteiger partial charge >= 0.3 is 0 Å². The van der Waals surface area contributed by atoms with Crippen LogP contribution in [0.4, 0.5) is 0 Å². The van der Waals surface area contributed by atoms with Crippen molar-refractivity contribution in [3.05, 3.63) is 35.9 Å². The molecule has 0 aliphatic heterocycles. The molecule has 13 heavy (non-hydrogen) atoms. The average Bonchev–Trinajstić information content (AvgIpc) is 2.20. The summed E-state index contributed by atoms with van der Waals surface area (Å²) in [4.78, 5) is 0. The molecule has 0 aliphatic carbocycles. The summed E-state index contributed by atoms with van der Waals surface area (Å²) in [5.74, 6) is 0.317. The van der Waals surface area contributed by atoms with Crippen LogP contribution in [0, 0.1) is 5.92 Å². The summed E-state index contributed by atoms with van der Waals surface area (Å²) in [6.07, 6.45) is 2.09. The van der Waals surface area contributed by atoms with E-state index < -0.39 is 0 Å². The zero-order chi connectivity index (χ0) is 9.68. The fourth-order valence-corrected chi connectivity index (χ4v) is 2.42. The highest BCUT2D eigenvalue weighted by molar-refractivity contribution is 7.98. The SMILES string of the molecule is CS[C@H](c1ccccc1)[C@H](C)CO. The van der Waals surface area contributed by atoms with Crippen LogP contribution in [0.15, 0.2) is 30.3 Å². The van der Waals surface area contributed by atoms with Crippen LogP contribution in [-0.4, -0.2) is 18.0 Å². The van der Waals surface area contributed by atoms with Crippen LogP contribution in [0.5, 0.6) is 0 Å². The summed E-state index contributed by atoms with van der Waals surface area (Å²) in [6.45, 7) is 2.33. The van der Waals surface area contributed by atoms with Crippen molar-refractivity contribution in [3.63, 3.8) is 0 Å². The normalized spacial score (nSPS) is 15.3. The standard InChI is InChI=1S/C11H16OS/c1-9(8-12)11(13-2)10-6-4-3-5-7-10/h3-7,9,11-12H,8H2,1-2H3/t9-,11+/m1/s1. The predicted octanol–water partition coefficient (Wildman–Crippen LogP) is 2.72. The third kappa shape index (κ3) is 2.75. The molecule has 0 spiro atoms. The molecule has 1 aromatic rings. The van der Waals surface area contributed by atoms with E-state index in [2.05, 4.69) is 25.3 Å². The summed E-state index contributed by atoms with van der Waals surface area (Å²) in [7, 11) is 0. The van der Waals surface area contributed by atoms with E-state index in [0.29, 0.717) is 11.2 Å². The Morgan fingerprint density at radius 2 is 1.92 bits per heavy atom. The fraction of sp³-hybridized carbons (Fsp3) is 0.455. The minimum atomic E-state index is 0.250. The molecule has 0 radical (unpaired) electrons. The van der Waals surface area contributed by atoms with Crippen molar-refractivity contribution in [1.82, 2.24) is 0 Å². The zero-order valence-electron chi connectivity index (χ0n) is 8.10. The first-order valence-corrected chi connectivity index (χ1v) is 5.77. The van der Waals surface area contributed by atoms with Gasteiger partial charge in [0, 0.05) is 11.9 Å². The predicted molar refractivity (Wildman–Crippen MR) is 58.9 cm³/mol. The van der Waals surface area contributed by atoms with Crippen LogP contribution >= 0.6 is 11.8 Å². The number of aliphatic hydroxyl groups is 1. The second kappa shape index (κ2) is 5.30. The smallest absolute Gasteiger partial charge is 0.0470 e. The number of hydrogen-bond acceptors (Lipinski definition) is 2. The summed E-state index contributed by atoms with van der Waals surface area (Å²) in [5, 5.41) is 9.49. The monoisotopic (exact) mass is 196 g/mol. The number of thioether (sulfide) groups is 1. The molecular weight excluding hydrogens is 180 g/mol. The highest BCUT2D eigenvalue weighted by Crippen LogP contribution is 2.33. The van der Waals surface area contributed by atoms with Gasteiger partial charge in [0.05, 0.1) is 0 Å². The van der Waals surface area contributed by atoms with E-state index in [1.807, 2.05) is 18.2 Å². The molecule has 72 valence electrons. The number of benzene rings is 1. The largest absolute Gasteiger partial charge is 0.396 e. The van der Waals surface area contributed by atoms with E-state index >= 15 is 0 Å². The van der Waals surface area contributed by atoms with Gasteiger partial charge in [-0.25, -0.2) is 0 Å². The van der Waals surface area contributed by atoms with Gasteiger partial charge in [-0.3, -0.25) is 0 Å². The molecule has 0 saturated heterocycles. The Labute approximate surface area is 84.2 Å². The van der Waals surface area contributed by atoms with Gasteiger partial charge in [0.1, 0.15) is 0 Å². The van der Waals surface area contributed by atoms with E-state index in [0.717, 1.165) is 0 Å². The van der Waals surface area contributed by atoms with Crippen LogP contribution in [0.25, 0.3) is 0 Å². The summed E-state index contributed by atoms with van der Waals surface area (Å²) >= 11 is 1.80. The first-order chi connectivity index (χ1) is 6.29. The third-order valence-corrected chi connectivity index (χ3v) is 3.43. The molecule has 1 rings (SSSR count). The second-order valence-corrected chi connectivity index (χ2v) is 4.21. The lowest BCUT2D eigenvalue weighted by molar-refractivity contribution is 0.235. The van der Waals surface area contributed by atoms with E-state index in [4.69, 9.17) is 5.11 Å². The summed E-state index contributed by atoms with van der Waals surface area (Å²) in [5.41, 5.74) is 1.30. The maximum atomic E-state index is 9.08. The highest BCUT2D eigenvalue weighted by Gasteiger charge is 2.16. The highest BCUT2D eigenvalue weighted by atomic mass is 32.2. The molecule has 0 aromatic heterocycles. The Morgan fingerprint density at radius 3 is 2.38 bits per heavy atom. The molecule has 0 heterocycles. The van der Waals surface area contributed by atoms with Gasteiger partial charge in [0.25, 0.3) is 0 Å². The molecule has 0 fully saturated rings. The molecule has 2 heteroatoms. The maximum absolute atomic E-state index is 9.08. The van der Waals surface area contributed by atoms with Crippen molar-refractivity contribution >= 4 is 11.8 Å². The number of aliphatic hydroxyl groups excluding tert-OH is 1. The molecule has 0 amide bonds. The minimum Gasteiger partial charge on any atom is -0.396 e. The van der Waals surface area contributed by atoms with Gasteiger partial charge in [-0.1, -0.05) is 37.3 Å². The molecule has 1 nitrogen and oxygen atoms in total. The van der Waals surface area contributed by atoms with E-state index in [1.165, 1.54) is 5.56 Å². The molecule has 1 aromatic carbocycles. The molecule has 2 atom stereocenters. The van der Waals surface area contributed by atoms with Crippen LogP contribution in [0.1, 0.15) is 17.7 Å². The molecule has 0 aliphatic rings. The lowest BCUT2D eigenvalue weighted by atomic mass is 10.0. The second-order valence-electron chi connectivity index (χ2n) is 3.23. The Balaban J connectivity index is 2.78. The van der Waals surface area contributed by atoms with Gasteiger partial charge in [0.15, 0.2) is 0 Å². The van der Waals surface area contributed by atoms with Gasteiger partial charge in [-0.2, -0.15) is 11.8 Å². The van der Waals surface area contributed by atoms with Gasteiger partial charge in [-0.05, 0) is 17.7 Å². The molecule has 0 bridgehead atoms.